The molecule has 1 saturated heterocycles. The Hall–Kier alpha value is -1.35. The van der Waals surface area contributed by atoms with Crippen LogP contribution in [0.5, 0.6) is 0 Å². The van der Waals surface area contributed by atoms with Crippen molar-refractivity contribution < 1.29 is 4.79 Å². The predicted octanol–water partition coefficient (Wildman–Crippen LogP) is 2.10. The minimum atomic E-state index is 0.0546. The number of hydrogen-bond acceptors (Lipinski definition) is 2. The van der Waals surface area contributed by atoms with E-state index < -0.39 is 0 Å². The van der Waals surface area contributed by atoms with Gasteiger partial charge in [0.1, 0.15) is 0 Å². The molecule has 3 heteroatoms. The third kappa shape index (κ3) is 2.81. The minimum absolute atomic E-state index is 0.0546. The van der Waals surface area contributed by atoms with E-state index in [1.54, 1.807) is 0 Å². The molecule has 2 aliphatic heterocycles. The van der Waals surface area contributed by atoms with Gasteiger partial charge in [0, 0.05) is 13.1 Å². The molecular weight excluding hydrogens is 236 g/mol. The second-order valence-electron chi connectivity index (χ2n) is 5.63. The standard InChI is InChI=1S/C16H22N2O/c19-16(15-9-3-4-10-17-15)18-11-5-8-13-6-1-2-7-14(13)12-18/h1-2,6-7,15,17H,3-5,8-12H2. The summed E-state index contributed by atoms with van der Waals surface area (Å²) in [5, 5.41) is 3.37. The maximum atomic E-state index is 12.6. The maximum Gasteiger partial charge on any atom is 0.240 e. The van der Waals surface area contributed by atoms with Crippen LogP contribution < -0.4 is 5.32 Å². The first-order valence-corrected chi connectivity index (χ1v) is 7.43. The van der Waals surface area contributed by atoms with E-state index in [0.29, 0.717) is 5.91 Å². The van der Waals surface area contributed by atoms with Crippen molar-refractivity contribution in [2.45, 2.75) is 44.7 Å². The van der Waals surface area contributed by atoms with Crippen LogP contribution in [-0.2, 0) is 17.8 Å². The van der Waals surface area contributed by atoms with E-state index in [2.05, 4.69) is 34.5 Å². The number of carbonyl (C=O) groups excluding carboxylic acids is 1. The Kier molecular flexibility index (Phi) is 3.83. The second-order valence-corrected chi connectivity index (χ2v) is 5.63. The Morgan fingerprint density at radius 1 is 1.16 bits per heavy atom. The van der Waals surface area contributed by atoms with Gasteiger partial charge < -0.3 is 10.2 Å². The molecule has 2 heterocycles. The summed E-state index contributed by atoms with van der Waals surface area (Å²) < 4.78 is 0. The highest BCUT2D eigenvalue weighted by Gasteiger charge is 2.26. The number of benzene rings is 1. The molecule has 0 radical (unpaired) electrons. The van der Waals surface area contributed by atoms with E-state index in [1.165, 1.54) is 24.0 Å². The van der Waals surface area contributed by atoms with Crippen molar-refractivity contribution in [2.75, 3.05) is 13.1 Å². The number of fused-ring (bicyclic) bond motifs is 1. The summed E-state index contributed by atoms with van der Waals surface area (Å²) in [6.07, 6.45) is 5.55. The average molecular weight is 258 g/mol. The molecule has 0 aromatic heterocycles. The molecule has 0 saturated carbocycles. The van der Waals surface area contributed by atoms with E-state index >= 15 is 0 Å². The molecular formula is C16H22N2O. The number of nitrogens with one attached hydrogen (secondary N) is 1. The van der Waals surface area contributed by atoms with Gasteiger partial charge in [-0.2, -0.15) is 0 Å². The minimum Gasteiger partial charge on any atom is -0.337 e. The van der Waals surface area contributed by atoms with Crippen LogP contribution in [0.1, 0.15) is 36.8 Å². The molecule has 1 aromatic carbocycles. The monoisotopic (exact) mass is 258 g/mol. The van der Waals surface area contributed by atoms with Crippen LogP contribution in [0.15, 0.2) is 24.3 Å². The molecule has 3 nitrogen and oxygen atoms in total. The van der Waals surface area contributed by atoms with Gasteiger partial charge in [0.2, 0.25) is 5.91 Å². The molecule has 19 heavy (non-hydrogen) atoms. The van der Waals surface area contributed by atoms with Crippen molar-refractivity contribution in [3.63, 3.8) is 0 Å². The number of carbonyl (C=O) groups is 1. The molecule has 2 aliphatic rings. The van der Waals surface area contributed by atoms with Crippen molar-refractivity contribution in [1.29, 1.82) is 0 Å². The average Bonchev–Trinajstić information content (AvgIpc) is 2.69. The lowest BCUT2D eigenvalue weighted by molar-refractivity contribution is -0.134. The van der Waals surface area contributed by atoms with Gasteiger partial charge in [0.25, 0.3) is 0 Å². The van der Waals surface area contributed by atoms with E-state index in [1.807, 2.05) is 0 Å². The Morgan fingerprint density at radius 3 is 2.79 bits per heavy atom. The SMILES string of the molecule is O=C(C1CCCCN1)N1CCCc2ccccc2C1. The number of aryl methyl sites for hydroxylation is 1. The largest absolute Gasteiger partial charge is 0.337 e. The Bertz CT molecular complexity index is 452. The fraction of sp³-hybridized carbons (Fsp3) is 0.562. The highest BCUT2D eigenvalue weighted by Crippen LogP contribution is 2.20. The summed E-state index contributed by atoms with van der Waals surface area (Å²) in [5.41, 5.74) is 2.73. The topological polar surface area (TPSA) is 32.3 Å². The summed E-state index contributed by atoms with van der Waals surface area (Å²) in [5.74, 6) is 0.302. The van der Waals surface area contributed by atoms with Crippen LogP contribution in [0.4, 0.5) is 0 Å². The lowest BCUT2D eigenvalue weighted by Gasteiger charge is -2.29. The van der Waals surface area contributed by atoms with Crippen molar-refractivity contribution in [3.8, 4) is 0 Å². The fourth-order valence-electron chi connectivity index (χ4n) is 3.17. The normalized spacial score (nSPS) is 23.6. The van der Waals surface area contributed by atoms with Gasteiger partial charge >= 0.3 is 0 Å². The molecule has 102 valence electrons. The zero-order valence-corrected chi connectivity index (χ0v) is 11.4. The van der Waals surface area contributed by atoms with Crippen LogP contribution in [-0.4, -0.2) is 29.9 Å². The highest BCUT2D eigenvalue weighted by molar-refractivity contribution is 5.82. The third-order valence-electron chi connectivity index (χ3n) is 4.27. The van der Waals surface area contributed by atoms with Crippen molar-refractivity contribution in [3.05, 3.63) is 35.4 Å². The van der Waals surface area contributed by atoms with Gasteiger partial charge in [-0.25, -0.2) is 0 Å². The molecule has 1 amide bonds. The third-order valence-corrected chi connectivity index (χ3v) is 4.27. The molecule has 0 aliphatic carbocycles. The Balaban J connectivity index is 1.73. The van der Waals surface area contributed by atoms with E-state index in [4.69, 9.17) is 0 Å². The Morgan fingerprint density at radius 2 is 2.00 bits per heavy atom. The van der Waals surface area contributed by atoms with Gasteiger partial charge in [0.15, 0.2) is 0 Å². The van der Waals surface area contributed by atoms with Gasteiger partial charge in [0.05, 0.1) is 6.04 Å². The molecule has 0 spiro atoms. The summed E-state index contributed by atoms with van der Waals surface area (Å²) in [6.45, 7) is 2.67. The second kappa shape index (κ2) is 5.74. The molecule has 1 atom stereocenters. The molecule has 3 rings (SSSR count). The smallest absolute Gasteiger partial charge is 0.240 e. The fourth-order valence-corrected chi connectivity index (χ4v) is 3.17. The first kappa shape index (κ1) is 12.7. The number of piperidine rings is 1. The van der Waals surface area contributed by atoms with Gasteiger partial charge in [-0.15, -0.1) is 0 Å². The molecule has 1 unspecified atom stereocenters. The van der Waals surface area contributed by atoms with E-state index in [9.17, 15) is 4.79 Å². The summed E-state index contributed by atoms with van der Waals surface area (Å²) in [6, 6.07) is 8.58. The molecule has 1 fully saturated rings. The van der Waals surface area contributed by atoms with Crippen molar-refractivity contribution in [1.82, 2.24) is 10.2 Å². The summed E-state index contributed by atoms with van der Waals surface area (Å²) in [7, 11) is 0. The molecule has 1 aromatic rings. The predicted molar refractivity (Wildman–Crippen MR) is 75.8 cm³/mol. The number of nitrogens with zero attached hydrogens (tertiary/aromatic N) is 1. The van der Waals surface area contributed by atoms with Crippen molar-refractivity contribution in [2.24, 2.45) is 0 Å². The maximum absolute atomic E-state index is 12.6. The summed E-state index contributed by atoms with van der Waals surface area (Å²) in [4.78, 5) is 14.6. The summed E-state index contributed by atoms with van der Waals surface area (Å²) >= 11 is 0. The van der Waals surface area contributed by atoms with Crippen molar-refractivity contribution >= 4 is 5.91 Å². The lowest BCUT2D eigenvalue weighted by Crippen LogP contribution is -2.48. The first-order chi connectivity index (χ1) is 9.34. The van der Waals surface area contributed by atoms with Gasteiger partial charge in [-0.1, -0.05) is 30.7 Å². The number of rotatable bonds is 1. The Labute approximate surface area is 115 Å². The first-order valence-electron chi connectivity index (χ1n) is 7.43. The van der Waals surface area contributed by atoms with Crippen LogP contribution in [0.2, 0.25) is 0 Å². The van der Waals surface area contributed by atoms with Gasteiger partial charge in [-0.3, -0.25) is 4.79 Å². The van der Waals surface area contributed by atoms with Crippen LogP contribution in [0, 0.1) is 0 Å². The lowest BCUT2D eigenvalue weighted by atomic mass is 10.0. The van der Waals surface area contributed by atoms with Crippen LogP contribution >= 0.6 is 0 Å². The van der Waals surface area contributed by atoms with Crippen LogP contribution in [0.3, 0.4) is 0 Å². The van der Waals surface area contributed by atoms with E-state index in [0.717, 1.165) is 38.9 Å². The molecule has 0 bridgehead atoms. The zero-order valence-electron chi connectivity index (χ0n) is 11.4. The number of hydrogen-bond donors (Lipinski definition) is 1. The molecule has 1 N–H and O–H groups in total. The highest BCUT2D eigenvalue weighted by atomic mass is 16.2. The van der Waals surface area contributed by atoms with Gasteiger partial charge in [-0.05, 0) is 43.4 Å². The van der Waals surface area contributed by atoms with E-state index in [-0.39, 0.29) is 6.04 Å². The quantitative estimate of drug-likeness (QED) is 0.836. The van der Waals surface area contributed by atoms with Crippen LogP contribution in [0.25, 0.3) is 0 Å². The number of amides is 1. The zero-order chi connectivity index (χ0) is 13.1.